The molecule has 0 aromatic carbocycles. The average Bonchev–Trinajstić information content (AvgIpc) is 2.68. The molecular weight excluding hydrogens is 363 g/mol. The molecule has 28 heavy (non-hydrogen) atoms. The fourth-order valence-corrected chi connectivity index (χ4v) is 5.84. The standard InChI is InChI=1S/C23H39.2C2H6.K/c1-7-19-13-10-14-22-20(8-2)21(15-16-23(19,22)6)18(5)12-9-11-17(3)4;2*1-2;/h7,17,19-22H,1-3,8-16H2,4-6H3;2*1-2H3;/q-3;;;+1. The average molecular weight is 415 g/mol. The molecule has 0 radical (unpaired) electrons. The maximum atomic E-state index is 4.37. The zero-order chi connectivity index (χ0) is 21.0. The van der Waals surface area contributed by atoms with Gasteiger partial charge in [0, 0.05) is 0 Å². The summed E-state index contributed by atoms with van der Waals surface area (Å²) in [6.45, 7) is 27.9. The fourth-order valence-electron chi connectivity index (χ4n) is 5.84. The Morgan fingerprint density at radius 3 is 2.29 bits per heavy atom. The quantitative estimate of drug-likeness (QED) is 0.267. The van der Waals surface area contributed by atoms with Crippen LogP contribution in [-0.4, -0.2) is 0 Å². The van der Waals surface area contributed by atoms with Gasteiger partial charge in [-0.15, -0.1) is 6.58 Å². The second kappa shape index (κ2) is 17.0. The molecule has 0 aromatic heterocycles. The van der Waals surface area contributed by atoms with Crippen LogP contribution in [0.1, 0.15) is 106 Å². The minimum absolute atomic E-state index is 0. The van der Waals surface area contributed by atoms with E-state index in [1.165, 1.54) is 51.4 Å². The Labute approximate surface area is 222 Å². The van der Waals surface area contributed by atoms with Crippen molar-refractivity contribution in [3.63, 3.8) is 0 Å². The maximum absolute atomic E-state index is 4.37. The third-order valence-corrected chi connectivity index (χ3v) is 7.27. The Hall–Kier alpha value is 1.38. The van der Waals surface area contributed by atoms with Crippen LogP contribution in [0.15, 0.2) is 12.7 Å². The molecule has 2 rings (SSSR count). The Balaban J connectivity index is 0. The molecule has 0 aliphatic heterocycles. The molecular formula is C27H51K-2. The number of fused-ring (bicyclic) bond motifs is 1. The second-order valence-electron chi connectivity index (χ2n) is 8.83. The first-order valence-electron chi connectivity index (χ1n) is 12.0. The van der Waals surface area contributed by atoms with E-state index >= 15 is 0 Å². The van der Waals surface area contributed by atoms with Crippen molar-refractivity contribution in [2.24, 2.45) is 35.0 Å². The van der Waals surface area contributed by atoms with Gasteiger partial charge in [-0.1, -0.05) is 79.2 Å². The molecule has 0 heterocycles. The van der Waals surface area contributed by atoms with E-state index in [-0.39, 0.29) is 51.4 Å². The maximum Gasteiger partial charge on any atom is 1.00 e. The van der Waals surface area contributed by atoms with Gasteiger partial charge in [-0.3, -0.25) is 0 Å². The summed E-state index contributed by atoms with van der Waals surface area (Å²) in [4.78, 5) is 0. The summed E-state index contributed by atoms with van der Waals surface area (Å²) in [5.74, 6) is 5.54. The molecule has 0 bridgehead atoms. The Morgan fingerprint density at radius 1 is 1.18 bits per heavy atom. The summed E-state index contributed by atoms with van der Waals surface area (Å²) in [7, 11) is 0. The summed E-state index contributed by atoms with van der Waals surface area (Å²) >= 11 is 0. The Kier molecular flexibility index (Phi) is 19.2. The molecule has 2 fully saturated rings. The van der Waals surface area contributed by atoms with E-state index in [9.17, 15) is 0 Å². The summed E-state index contributed by atoms with van der Waals surface area (Å²) in [6.07, 6.45) is 14.2. The van der Waals surface area contributed by atoms with Gasteiger partial charge < -0.3 is 19.8 Å². The molecule has 0 N–H and O–H groups in total. The van der Waals surface area contributed by atoms with E-state index in [4.69, 9.17) is 0 Å². The molecule has 6 unspecified atom stereocenters. The van der Waals surface area contributed by atoms with Crippen LogP contribution in [0.5, 0.6) is 0 Å². The van der Waals surface area contributed by atoms with Crippen LogP contribution in [0.3, 0.4) is 0 Å². The van der Waals surface area contributed by atoms with Gasteiger partial charge in [-0.2, -0.15) is 31.6 Å². The van der Waals surface area contributed by atoms with Crippen LogP contribution in [0.4, 0.5) is 0 Å². The van der Waals surface area contributed by atoms with E-state index in [0.717, 1.165) is 30.1 Å². The van der Waals surface area contributed by atoms with Gasteiger partial charge in [0.1, 0.15) is 0 Å². The zero-order valence-corrected chi connectivity index (χ0v) is 24.1. The predicted octanol–water partition coefficient (Wildman–Crippen LogP) is 6.14. The van der Waals surface area contributed by atoms with E-state index in [1.54, 1.807) is 5.92 Å². The largest absolute Gasteiger partial charge is 1.00 e. The molecule has 6 atom stereocenters. The van der Waals surface area contributed by atoms with Gasteiger partial charge in [0.25, 0.3) is 0 Å². The van der Waals surface area contributed by atoms with Crippen molar-refractivity contribution in [3.05, 3.63) is 32.4 Å². The van der Waals surface area contributed by atoms with Crippen molar-refractivity contribution in [1.82, 2.24) is 0 Å². The van der Waals surface area contributed by atoms with Gasteiger partial charge in [0.15, 0.2) is 0 Å². The van der Waals surface area contributed by atoms with E-state index in [0.29, 0.717) is 11.3 Å². The molecule has 1 heteroatoms. The molecule has 2 aliphatic carbocycles. The first-order valence-corrected chi connectivity index (χ1v) is 12.0. The van der Waals surface area contributed by atoms with Crippen LogP contribution >= 0.6 is 0 Å². The molecule has 0 spiro atoms. The monoisotopic (exact) mass is 414 g/mol. The topological polar surface area (TPSA) is 0 Å². The summed E-state index contributed by atoms with van der Waals surface area (Å²) in [5, 5.41) is 0. The summed E-state index contributed by atoms with van der Waals surface area (Å²) in [5.41, 5.74) is 0.487. The third kappa shape index (κ3) is 8.49. The van der Waals surface area contributed by atoms with Crippen LogP contribution in [0.25, 0.3) is 0 Å². The summed E-state index contributed by atoms with van der Waals surface area (Å²) in [6, 6.07) is 0. The van der Waals surface area contributed by atoms with Crippen LogP contribution in [-0.2, 0) is 0 Å². The third-order valence-electron chi connectivity index (χ3n) is 7.27. The van der Waals surface area contributed by atoms with Gasteiger partial charge in [0.05, 0.1) is 0 Å². The second-order valence-corrected chi connectivity index (χ2v) is 8.83. The van der Waals surface area contributed by atoms with Crippen LogP contribution in [0.2, 0.25) is 0 Å². The van der Waals surface area contributed by atoms with Crippen molar-refractivity contribution in [2.75, 3.05) is 0 Å². The molecule has 0 nitrogen and oxygen atoms in total. The Bertz CT molecular complexity index is 374. The number of allylic oxidation sites excluding steroid dienone is 1. The SMILES string of the molecule is C=CC1CCCC2C(C[CH2-])C([C-](C)CCCC([CH2-])C)CCC12C.CC.CC.[K+]. The van der Waals surface area contributed by atoms with Gasteiger partial charge in [-0.25, -0.2) is 0 Å². The molecule has 0 aromatic rings. The summed E-state index contributed by atoms with van der Waals surface area (Å²) < 4.78 is 0. The zero-order valence-electron chi connectivity index (χ0n) is 20.9. The molecule has 0 amide bonds. The minimum Gasteiger partial charge on any atom is -0.343 e. The molecule has 2 saturated carbocycles. The van der Waals surface area contributed by atoms with Crippen LogP contribution in [0, 0.1) is 54.8 Å². The normalized spacial score (nSPS) is 32.5. The predicted molar refractivity (Wildman–Crippen MR) is 125 cm³/mol. The fraction of sp³-hybridized carbons (Fsp3) is 0.815. The molecule has 2 aliphatic rings. The van der Waals surface area contributed by atoms with E-state index < -0.39 is 0 Å². The van der Waals surface area contributed by atoms with Gasteiger partial charge >= 0.3 is 51.4 Å². The number of hydrogen-bond acceptors (Lipinski definition) is 0. The van der Waals surface area contributed by atoms with E-state index in [2.05, 4.69) is 47.3 Å². The van der Waals surface area contributed by atoms with Crippen LogP contribution < -0.4 is 51.4 Å². The van der Waals surface area contributed by atoms with E-state index in [1.807, 2.05) is 27.7 Å². The molecule has 0 saturated heterocycles. The van der Waals surface area contributed by atoms with Crippen molar-refractivity contribution in [2.45, 2.75) is 106 Å². The number of hydrogen-bond donors (Lipinski definition) is 0. The first-order chi connectivity index (χ1) is 12.9. The Morgan fingerprint density at radius 2 is 1.79 bits per heavy atom. The minimum atomic E-state index is 0. The van der Waals surface area contributed by atoms with Gasteiger partial charge in [-0.05, 0) is 36.5 Å². The van der Waals surface area contributed by atoms with Crippen molar-refractivity contribution in [1.29, 1.82) is 0 Å². The van der Waals surface area contributed by atoms with Crippen molar-refractivity contribution < 1.29 is 51.4 Å². The first kappa shape index (κ1) is 31.6. The van der Waals surface area contributed by atoms with Gasteiger partial charge in [0.2, 0.25) is 0 Å². The molecule has 162 valence electrons. The van der Waals surface area contributed by atoms with Crippen molar-refractivity contribution >= 4 is 0 Å². The number of rotatable bonds is 7. The smallest absolute Gasteiger partial charge is 0.343 e. The van der Waals surface area contributed by atoms with Crippen molar-refractivity contribution in [3.8, 4) is 0 Å².